The van der Waals surface area contributed by atoms with E-state index in [4.69, 9.17) is 0 Å². The summed E-state index contributed by atoms with van der Waals surface area (Å²) in [4.78, 5) is 2.20. The van der Waals surface area contributed by atoms with Gasteiger partial charge in [0.05, 0.1) is 67.3 Å². The maximum absolute atomic E-state index is 11.0. The number of allylic oxidation sites excluding steroid dienone is 2. The van der Waals surface area contributed by atoms with E-state index in [0.717, 1.165) is 66.6 Å². The van der Waals surface area contributed by atoms with E-state index in [0.29, 0.717) is 16.8 Å². The molecule has 1 aliphatic carbocycles. The molecular weight excluding hydrogens is 757 g/mol. The minimum atomic E-state index is -0.0521. The second kappa shape index (κ2) is 13.0. The standard InChI is InChI=1S/C56H34N6/c57-33-35-29-37(30-36(34-58)56(35)62-51-27-13-5-19-42(51)43-20-6-14-28-52(43)62)59-46-22-8-7-21-44(46)45-31-54(60-47-23-9-1-15-38(47)39-16-2-10-24-48(39)60)55(32-53(45)59)61-49-25-11-3-17-40(49)41-18-4-12-26-50(41)61/h1-32,42,51H. The van der Waals surface area contributed by atoms with Crippen LogP contribution in [0.4, 0.5) is 11.4 Å². The lowest BCUT2D eigenvalue weighted by Crippen LogP contribution is -2.30. The Labute approximate surface area is 356 Å². The molecule has 2 unspecified atom stereocenters. The van der Waals surface area contributed by atoms with Crippen molar-refractivity contribution in [2.75, 3.05) is 4.90 Å². The molecule has 1 aliphatic heterocycles. The molecule has 2 aliphatic rings. The Bertz CT molecular complexity index is 3730. The normalized spacial score (nSPS) is 15.5. The van der Waals surface area contributed by atoms with E-state index in [1.54, 1.807) is 0 Å². The maximum atomic E-state index is 11.0. The molecule has 0 bridgehead atoms. The number of benzene rings is 8. The van der Waals surface area contributed by atoms with E-state index >= 15 is 0 Å². The number of hydrogen-bond donors (Lipinski definition) is 0. The van der Waals surface area contributed by atoms with Crippen LogP contribution in [0.2, 0.25) is 0 Å². The van der Waals surface area contributed by atoms with Gasteiger partial charge in [-0.15, -0.1) is 0 Å². The third kappa shape index (κ3) is 4.61. The first-order chi connectivity index (χ1) is 30.7. The third-order valence-electron chi connectivity index (χ3n) is 13.2. The van der Waals surface area contributed by atoms with E-state index in [2.05, 4.69) is 207 Å². The van der Waals surface area contributed by atoms with Crippen molar-refractivity contribution in [1.29, 1.82) is 10.5 Å². The summed E-state index contributed by atoms with van der Waals surface area (Å²) in [6.45, 7) is 0. The van der Waals surface area contributed by atoms with Crippen molar-refractivity contribution in [1.82, 2.24) is 13.7 Å². The van der Waals surface area contributed by atoms with Crippen LogP contribution in [-0.2, 0) is 0 Å². The SMILES string of the molecule is N#Cc1cc(-n2c3ccccc3c3cc(-n4c5ccccc5c5ccccc54)c(-n4c5ccccc5c5ccccc54)cc32)cc(C#N)c1N1c2ccccc2C2C=CC=CC21. The molecule has 8 aromatic carbocycles. The van der Waals surface area contributed by atoms with Gasteiger partial charge in [-0.05, 0) is 66.2 Å². The zero-order chi connectivity index (χ0) is 41.1. The predicted molar refractivity (Wildman–Crippen MR) is 252 cm³/mol. The fourth-order valence-electron chi connectivity index (χ4n) is 10.7. The smallest absolute Gasteiger partial charge is 0.101 e. The van der Waals surface area contributed by atoms with Crippen molar-refractivity contribution in [2.24, 2.45) is 0 Å². The largest absolute Gasteiger partial charge is 0.331 e. The molecule has 0 saturated carbocycles. The Balaban J connectivity index is 1.14. The van der Waals surface area contributed by atoms with E-state index in [-0.39, 0.29) is 12.0 Å². The Hall–Kier alpha value is -8.58. The minimum Gasteiger partial charge on any atom is -0.331 e. The first kappa shape index (κ1) is 34.3. The van der Waals surface area contributed by atoms with Gasteiger partial charge in [-0.1, -0.05) is 133 Å². The molecule has 0 amide bonds. The second-order valence-electron chi connectivity index (χ2n) is 16.3. The highest BCUT2D eigenvalue weighted by atomic mass is 15.2. The lowest BCUT2D eigenvalue weighted by atomic mass is 9.91. The molecule has 13 rings (SSSR count). The summed E-state index contributed by atoms with van der Waals surface area (Å²) < 4.78 is 7.07. The Morgan fingerprint density at radius 2 is 0.823 bits per heavy atom. The van der Waals surface area contributed by atoms with Crippen LogP contribution in [0.3, 0.4) is 0 Å². The molecule has 0 spiro atoms. The molecule has 6 heteroatoms. The number of para-hydroxylation sites is 6. The average Bonchev–Trinajstić information content (AvgIpc) is 4.05. The zero-order valence-electron chi connectivity index (χ0n) is 33.3. The molecule has 11 aromatic rings. The quantitative estimate of drug-likeness (QED) is 0.178. The zero-order valence-corrected chi connectivity index (χ0v) is 33.3. The van der Waals surface area contributed by atoms with Crippen molar-refractivity contribution < 1.29 is 0 Å². The van der Waals surface area contributed by atoms with Gasteiger partial charge in [0.15, 0.2) is 0 Å². The van der Waals surface area contributed by atoms with Crippen LogP contribution in [0.1, 0.15) is 22.6 Å². The van der Waals surface area contributed by atoms with Crippen molar-refractivity contribution in [2.45, 2.75) is 12.0 Å². The predicted octanol–water partition coefficient (Wildman–Crippen LogP) is 13.5. The third-order valence-corrected chi connectivity index (χ3v) is 13.2. The van der Waals surface area contributed by atoms with Crippen molar-refractivity contribution >= 4 is 76.8 Å². The van der Waals surface area contributed by atoms with Crippen molar-refractivity contribution in [3.05, 3.63) is 211 Å². The summed E-state index contributed by atoms with van der Waals surface area (Å²) in [5, 5.41) is 29.0. The van der Waals surface area contributed by atoms with Gasteiger partial charge in [0.2, 0.25) is 0 Å². The number of anilines is 2. The van der Waals surface area contributed by atoms with E-state index in [9.17, 15) is 10.5 Å². The van der Waals surface area contributed by atoms with Crippen LogP contribution in [0.5, 0.6) is 0 Å². The second-order valence-corrected chi connectivity index (χ2v) is 16.3. The van der Waals surface area contributed by atoms with Crippen LogP contribution >= 0.6 is 0 Å². The van der Waals surface area contributed by atoms with Crippen LogP contribution in [0, 0.1) is 22.7 Å². The molecule has 288 valence electrons. The Morgan fingerprint density at radius 3 is 1.35 bits per heavy atom. The van der Waals surface area contributed by atoms with Crippen LogP contribution in [-0.4, -0.2) is 19.7 Å². The van der Waals surface area contributed by atoms with Crippen LogP contribution in [0.25, 0.3) is 82.5 Å². The van der Waals surface area contributed by atoms with Gasteiger partial charge in [-0.25, -0.2) is 0 Å². The first-order valence-electron chi connectivity index (χ1n) is 21.0. The number of nitrogens with zero attached hydrogens (tertiary/aromatic N) is 6. The highest BCUT2D eigenvalue weighted by molar-refractivity contribution is 6.15. The number of fused-ring (bicyclic) bond motifs is 12. The summed E-state index contributed by atoms with van der Waals surface area (Å²) in [5.41, 5.74) is 13.0. The lowest BCUT2D eigenvalue weighted by Gasteiger charge is -2.30. The van der Waals surface area contributed by atoms with Gasteiger partial charge in [-0.3, -0.25) is 0 Å². The first-order valence-corrected chi connectivity index (χ1v) is 21.0. The van der Waals surface area contributed by atoms with E-state index in [1.165, 1.54) is 27.1 Å². The molecule has 62 heavy (non-hydrogen) atoms. The summed E-state index contributed by atoms with van der Waals surface area (Å²) in [7, 11) is 0. The van der Waals surface area contributed by atoms with Crippen LogP contribution < -0.4 is 4.90 Å². The molecule has 3 aromatic heterocycles. The number of rotatable bonds is 4. The molecule has 6 nitrogen and oxygen atoms in total. The Morgan fingerprint density at radius 1 is 0.387 bits per heavy atom. The van der Waals surface area contributed by atoms with Gasteiger partial charge >= 0.3 is 0 Å². The minimum absolute atomic E-state index is 0.0521. The molecule has 0 saturated heterocycles. The molecule has 2 atom stereocenters. The summed E-state index contributed by atoms with van der Waals surface area (Å²) in [6.07, 6.45) is 8.55. The van der Waals surface area contributed by atoms with Crippen LogP contribution in [0.15, 0.2) is 194 Å². The molecule has 0 fully saturated rings. The summed E-state index contributed by atoms with van der Waals surface area (Å²) >= 11 is 0. The molecule has 0 radical (unpaired) electrons. The van der Waals surface area contributed by atoms with Crippen molar-refractivity contribution in [3.8, 4) is 29.2 Å². The highest BCUT2D eigenvalue weighted by Gasteiger charge is 2.39. The van der Waals surface area contributed by atoms with Gasteiger partial charge in [0.1, 0.15) is 12.1 Å². The summed E-state index contributed by atoms with van der Waals surface area (Å²) in [6, 6.07) is 65.1. The number of aromatic nitrogens is 3. The molecule has 0 N–H and O–H groups in total. The fourth-order valence-corrected chi connectivity index (χ4v) is 10.7. The maximum Gasteiger partial charge on any atom is 0.101 e. The number of nitriles is 2. The monoisotopic (exact) mass is 790 g/mol. The van der Waals surface area contributed by atoms with E-state index in [1.807, 2.05) is 18.2 Å². The topological polar surface area (TPSA) is 65.6 Å². The van der Waals surface area contributed by atoms with Crippen molar-refractivity contribution in [3.63, 3.8) is 0 Å². The van der Waals surface area contributed by atoms with E-state index < -0.39 is 0 Å². The average molecular weight is 791 g/mol. The number of hydrogen-bond acceptors (Lipinski definition) is 3. The Kier molecular flexibility index (Phi) is 7.17. The summed E-state index contributed by atoms with van der Waals surface area (Å²) in [5.74, 6) is 0.120. The highest BCUT2D eigenvalue weighted by Crippen LogP contribution is 2.50. The van der Waals surface area contributed by atoms with Gasteiger partial charge in [0, 0.05) is 49.6 Å². The molecule has 4 heterocycles. The van der Waals surface area contributed by atoms with Gasteiger partial charge in [0.25, 0.3) is 0 Å². The molecular formula is C56H34N6. The van der Waals surface area contributed by atoms with Gasteiger partial charge < -0.3 is 18.6 Å². The van der Waals surface area contributed by atoms with Gasteiger partial charge in [-0.2, -0.15) is 10.5 Å². The fraction of sp³-hybridized carbons (Fsp3) is 0.0357. The lowest BCUT2D eigenvalue weighted by molar-refractivity contribution is 0.743.